The Hall–Kier alpha value is -3.16. The van der Waals surface area contributed by atoms with Crippen molar-refractivity contribution in [2.24, 2.45) is 5.92 Å². The summed E-state index contributed by atoms with van der Waals surface area (Å²) < 4.78 is 5.56. The Morgan fingerprint density at radius 1 is 0.787 bits per heavy atom. The van der Waals surface area contributed by atoms with Crippen molar-refractivity contribution in [2.75, 3.05) is 39.3 Å². The van der Waals surface area contributed by atoms with E-state index in [9.17, 15) is 48.6 Å². The van der Waals surface area contributed by atoms with Crippen molar-refractivity contribution in [1.82, 2.24) is 9.80 Å². The molecule has 1 aromatic rings. The van der Waals surface area contributed by atoms with Gasteiger partial charge in [0.05, 0.1) is 31.7 Å². The Bertz CT molecular complexity index is 1460. The van der Waals surface area contributed by atoms with Crippen LogP contribution in [0.3, 0.4) is 0 Å². The van der Waals surface area contributed by atoms with Crippen molar-refractivity contribution in [3.05, 3.63) is 28.5 Å². The maximum absolute atomic E-state index is 13.0. The molecule has 6 N–H and O–H groups in total. The summed E-state index contributed by atoms with van der Waals surface area (Å²) in [6.07, 6.45) is 1.04. The van der Waals surface area contributed by atoms with Crippen LogP contribution in [0, 0.1) is 12.8 Å². The molecular weight excluding hydrogens is 650 g/mol. The van der Waals surface area contributed by atoms with Crippen LogP contribution in [-0.4, -0.2) is 186 Å². The van der Waals surface area contributed by atoms with Crippen LogP contribution >= 0.6 is 0 Å². The number of nitrogens with zero attached hydrogens (tertiary/aromatic N) is 2. The quantitative estimate of drug-likeness (QED) is 0.0754. The van der Waals surface area contributed by atoms with E-state index in [1.165, 1.54) is 20.8 Å². The normalized spacial score (nSPS) is 17.5. The first-order chi connectivity index (χ1) is 20.7. The molecule has 47 heavy (non-hydrogen) atoms. The number of ether oxygens (including phenoxy) is 1. The molecule has 1 heterocycles. The van der Waals surface area contributed by atoms with E-state index in [2.05, 4.69) is 0 Å². The second kappa shape index (κ2) is 17.8. The molecule has 248 valence electrons. The van der Waals surface area contributed by atoms with Crippen LogP contribution in [0.1, 0.15) is 42.3 Å². The number of carboxylic acids is 4. The van der Waals surface area contributed by atoms with E-state index in [4.69, 9.17) is 25.2 Å². The van der Waals surface area contributed by atoms with Gasteiger partial charge in [-0.05, 0) is 27.7 Å². The summed E-state index contributed by atoms with van der Waals surface area (Å²) in [5, 5.41) is 55.2. The number of phenols is 2. The van der Waals surface area contributed by atoms with Crippen molar-refractivity contribution in [2.45, 2.75) is 33.1 Å². The molecule has 0 spiro atoms. The molecule has 0 radical (unpaired) electrons. The molecule has 17 nitrogen and oxygen atoms in total. The predicted octanol–water partition coefficient (Wildman–Crippen LogP) is -1.87. The Labute approximate surface area is 311 Å². The van der Waals surface area contributed by atoms with Gasteiger partial charge in [0, 0.05) is 24.7 Å². The Morgan fingerprint density at radius 2 is 1.19 bits per heavy atom. The van der Waals surface area contributed by atoms with Crippen LogP contribution in [-0.2, 0) is 39.0 Å². The van der Waals surface area contributed by atoms with Crippen LogP contribution in [0.5, 0.6) is 17.2 Å². The van der Waals surface area contributed by atoms with Gasteiger partial charge in [-0.15, -0.1) is 0 Å². The number of benzene rings is 1. The van der Waals surface area contributed by atoms with Gasteiger partial charge in [0.25, 0.3) is 0 Å². The fourth-order valence-corrected chi connectivity index (χ4v) is 4.96. The number of phenolic OH excluding ortho intramolecular Hbond substituents is 2. The second-order valence-corrected chi connectivity index (χ2v) is 10.5. The van der Waals surface area contributed by atoms with Crippen molar-refractivity contribution >= 4 is 106 Å². The molecule has 0 bridgehead atoms. The van der Waals surface area contributed by atoms with Crippen molar-refractivity contribution < 1.29 is 73.7 Å². The van der Waals surface area contributed by atoms with Crippen molar-refractivity contribution in [3.8, 4) is 17.2 Å². The Kier molecular flexibility index (Phi) is 16.6. The SMILES string of the molecule is CC(=O)c1c(O)c(C)c(O)c2c1OC1=CC(=O)C(C(C)=O)C(=O)C12C.O=C(O)CN(CCN(CC(=O)O)CC(=O)O)CC(=O)O.[NaH].[NaH]. The molecule has 1 aliphatic heterocycles. The van der Waals surface area contributed by atoms with E-state index < -0.39 is 96.0 Å². The topological polar surface area (TPSA) is 274 Å². The monoisotopic (exact) mass is 684 g/mol. The zero-order chi connectivity index (χ0) is 34.5. The second-order valence-electron chi connectivity index (χ2n) is 10.5. The van der Waals surface area contributed by atoms with E-state index in [-0.39, 0.29) is 100 Å². The van der Waals surface area contributed by atoms with Gasteiger partial charge in [-0.1, -0.05) is 0 Å². The summed E-state index contributed by atoms with van der Waals surface area (Å²) in [5.74, 6) is -10.1. The van der Waals surface area contributed by atoms with E-state index in [1.807, 2.05) is 0 Å². The molecule has 0 saturated carbocycles. The summed E-state index contributed by atoms with van der Waals surface area (Å²) >= 11 is 0. The number of aromatic hydroxyl groups is 2. The van der Waals surface area contributed by atoms with E-state index in [0.717, 1.165) is 22.8 Å². The summed E-state index contributed by atoms with van der Waals surface area (Å²) in [6, 6.07) is 0. The third kappa shape index (κ3) is 10.2. The molecule has 0 fully saturated rings. The molecule has 2 unspecified atom stereocenters. The predicted molar refractivity (Wildman–Crippen MR) is 162 cm³/mol. The number of allylic oxidation sites excluding steroid dienone is 2. The number of carboxylic acid groups (broad SMARTS) is 4. The van der Waals surface area contributed by atoms with Crippen molar-refractivity contribution in [3.63, 3.8) is 0 Å². The zero-order valence-corrected chi connectivity index (χ0v) is 24.6. The number of fused-ring (bicyclic) bond motifs is 3. The first kappa shape index (κ1) is 43.8. The first-order valence-electron chi connectivity index (χ1n) is 13.1. The standard InChI is InChI=1S/C18H16O7.C10H16N2O8.2Na.2H/c1-6-14(22)12(8(3)20)16-13(15(6)23)18(4)10(25-16)5-9(21)11(7(2)19)17(18)24;13-7(14)3-11(4-8(15)16)1-2-12(5-9(17)18)6-10(19)20;;;;/h5,11,22-23H,1-4H3;1-6H2,(H,13,14)(H,15,16)(H,17,18)(H,19,20);;;;. The van der Waals surface area contributed by atoms with Gasteiger partial charge in [0.15, 0.2) is 17.3 Å². The van der Waals surface area contributed by atoms with Crippen LogP contribution in [0.2, 0.25) is 0 Å². The molecule has 0 amide bonds. The van der Waals surface area contributed by atoms with Gasteiger partial charge in [-0.2, -0.15) is 0 Å². The average molecular weight is 685 g/mol. The third-order valence-corrected chi connectivity index (χ3v) is 7.08. The average Bonchev–Trinajstić information content (AvgIpc) is 3.17. The number of carbonyl (C=O) groups excluding carboxylic acids is 4. The van der Waals surface area contributed by atoms with Crippen LogP contribution in [0.25, 0.3) is 0 Å². The summed E-state index contributed by atoms with van der Waals surface area (Å²) in [6.45, 7) is 2.92. The number of Topliss-reactive ketones (excluding diaryl/α,β-unsaturated/α-hetero) is 3. The zero-order valence-electron chi connectivity index (χ0n) is 24.6. The van der Waals surface area contributed by atoms with Gasteiger partial charge in [0.1, 0.15) is 45.7 Å². The minimum atomic E-state index is -1.59. The van der Waals surface area contributed by atoms with E-state index >= 15 is 0 Å². The maximum atomic E-state index is 13.0. The number of hydrogen-bond donors (Lipinski definition) is 6. The number of rotatable bonds is 13. The van der Waals surface area contributed by atoms with E-state index in [1.54, 1.807) is 0 Å². The number of aliphatic carboxylic acids is 4. The Balaban J connectivity index is 0.000000888. The molecular formula is C28H34N2Na2O15. The molecule has 1 aliphatic carbocycles. The van der Waals surface area contributed by atoms with Crippen LogP contribution in [0.4, 0.5) is 0 Å². The van der Waals surface area contributed by atoms with Crippen LogP contribution < -0.4 is 4.74 Å². The Morgan fingerprint density at radius 3 is 1.53 bits per heavy atom. The number of ketones is 4. The molecule has 2 aliphatic rings. The fraction of sp³-hybridized carbons (Fsp3) is 0.429. The number of hydrogen-bond acceptors (Lipinski definition) is 13. The molecule has 3 rings (SSSR count). The third-order valence-electron chi connectivity index (χ3n) is 7.08. The first-order valence-corrected chi connectivity index (χ1v) is 13.1. The molecule has 1 aromatic carbocycles. The van der Waals surface area contributed by atoms with Gasteiger partial charge >= 0.3 is 83.0 Å². The fourth-order valence-electron chi connectivity index (χ4n) is 4.96. The number of carbonyl (C=O) groups is 8. The molecule has 0 aromatic heterocycles. The van der Waals surface area contributed by atoms with E-state index in [0.29, 0.717) is 0 Å². The van der Waals surface area contributed by atoms with Gasteiger partial charge in [-0.3, -0.25) is 48.2 Å². The van der Waals surface area contributed by atoms with Gasteiger partial charge in [0.2, 0.25) is 0 Å². The minimum absolute atomic E-state index is 0. The molecule has 0 saturated heterocycles. The molecule has 2 atom stereocenters. The summed E-state index contributed by atoms with van der Waals surface area (Å²) in [5.41, 5.74) is -1.77. The van der Waals surface area contributed by atoms with Crippen molar-refractivity contribution in [1.29, 1.82) is 0 Å². The summed E-state index contributed by atoms with van der Waals surface area (Å²) in [4.78, 5) is 93.2. The molecule has 19 heteroatoms. The van der Waals surface area contributed by atoms with Gasteiger partial charge in [-0.25, -0.2) is 0 Å². The van der Waals surface area contributed by atoms with Crippen LogP contribution in [0.15, 0.2) is 11.8 Å². The summed E-state index contributed by atoms with van der Waals surface area (Å²) in [7, 11) is 0. The van der Waals surface area contributed by atoms with Gasteiger partial charge < -0.3 is 35.4 Å².